The van der Waals surface area contributed by atoms with Gasteiger partial charge in [-0.25, -0.2) is 0 Å². The highest BCUT2D eigenvalue weighted by atomic mass is 35.5. The van der Waals surface area contributed by atoms with Crippen LogP contribution in [0.4, 0.5) is 13.2 Å². The molecule has 0 unspecified atom stereocenters. The van der Waals surface area contributed by atoms with E-state index in [1.807, 2.05) is 12.1 Å². The molecule has 0 bridgehead atoms. The lowest BCUT2D eigenvalue weighted by Gasteiger charge is -2.07. The van der Waals surface area contributed by atoms with Crippen LogP contribution in [0, 0.1) is 0 Å². The minimum atomic E-state index is -4.36. The number of carbonyl (C=O) groups is 1. The van der Waals surface area contributed by atoms with Crippen LogP contribution in [0.1, 0.15) is 27.0 Å². The number of alkyl halides is 3. The Hall–Kier alpha value is -3.32. The number of hydrogen-bond acceptors (Lipinski definition) is 4. The van der Waals surface area contributed by atoms with Crippen LogP contribution < -0.4 is 4.74 Å². The zero-order chi connectivity index (χ0) is 23.0. The first kappa shape index (κ1) is 23.3. The molecule has 0 saturated heterocycles. The predicted molar refractivity (Wildman–Crippen MR) is 116 cm³/mol. The molecule has 0 aromatic heterocycles. The Balaban J connectivity index is 1.41. The molecule has 3 aromatic rings. The molecular formula is C24H19ClF3NO3. The van der Waals surface area contributed by atoms with Gasteiger partial charge >= 0.3 is 6.18 Å². The van der Waals surface area contributed by atoms with Crippen LogP contribution in [0.15, 0.2) is 78.0 Å². The Morgan fingerprint density at radius 3 is 2.25 bits per heavy atom. The maximum absolute atomic E-state index is 12.5. The van der Waals surface area contributed by atoms with Crippen molar-refractivity contribution in [2.75, 3.05) is 6.61 Å². The Bertz CT molecular complexity index is 1070. The summed E-state index contributed by atoms with van der Waals surface area (Å²) < 4.78 is 43.1. The van der Waals surface area contributed by atoms with Gasteiger partial charge in [0.1, 0.15) is 12.4 Å². The van der Waals surface area contributed by atoms with E-state index >= 15 is 0 Å². The molecule has 166 valence electrons. The fourth-order valence-electron chi connectivity index (χ4n) is 2.73. The predicted octanol–water partition coefficient (Wildman–Crippen LogP) is 6.37. The molecule has 0 spiro atoms. The quantitative estimate of drug-likeness (QED) is 0.211. The van der Waals surface area contributed by atoms with Crippen molar-refractivity contribution < 1.29 is 27.5 Å². The fourth-order valence-corrected chi connectivity index (χ4v) is 2.97. The van der Waals surface area contributed by atoms with Crippen molar-refractivity contribution in [3.05, 3.63) is 100 Å². The summed E-state index contributed by atoms with van der Waals surface area (Å²) in [4.78, 5) is 17.3. The van der Waals surface area contributed by atoms with Gasteiger partial charge in [-0.3, -0.25) is 4.79 Å². The van der Waals surface area contributed by atoms with E-state index in [-0.39, 0.29) is 19.0 Å². The SMILES string of the molecule is O=C(COc1ccc(CC=NOCc2ccc(C(F)(F)F)cc2)cc1)c1ccccc1Cl. The van der Waals surface area contributed by atoms with E-state index in [1.54, 1.807) is 42.6 Å². The molecule has 3 rings (SSSR count). The molecule has 0 saturated carbocycles. The average molecular weight is 462 g/mol. The molecule has 3 aromatic carbocycles. The molecule has 0 N–H and O–H groups in total. The molecule has 0 aliphatic heterocycles. The number of ether oxygens (including phenoxy) is 1. The highest BCUT2D eigenvalue weighted by Crippen LogP contribution is 2.29. The minimum Gasteiger partial charge on any atom is -0.485 e. The van der Waals surface area contributed by atoms with E-state index in [4.69, 9.17) is 21.2 Å². The van der Waals surface area contributed by atoms with Crippen molar-refractivity contribution in [3.63, 3.8) is 0 Å². The Labute approximate surface area is 188 Å². The van der Waals surface area contributed by atoms with Crippen LogP contribution >= 0.6 is 11.6 Å². The van der Waals surface area contributed by atoms with Gasteiger partial charge < -0.3 is 9.57 Å². The summed E-state index contributed by atoms with van der Waals surface area (Å²) >= 11 is 6.01. The average Bonchev–Trinajstić information content (AvgIpc) is 2.78. The van der Waals surface area contributed by atoms with E-state index in [0.29, 0.717) is 28.3 Å². The van der Waals surface area contributed by atoms with Gasteiger partial charge in [0.05, 0.1) is 10.6 Å². The number of ketones is 1. The van der Waals surface area contributed by atoms with Gasteiger partial charge in [-0.15, -0.1) is 0 Å². The number of Topliss-reactive ketones (excluding diaryl/α,β-unsaturated/α-hetero) is 1. The summed E-state index contributed by atoms with van der Waals surface area (Å²) in [5.41, 5.74) is 1.24. The van der Waals surface area contributed by atoms with E-state index in [1.165, 1.54) is 12.1 Å². The molecule has 4 nitrogen and oxygen atoms in total. The lowest BCUT2D eigenvalue weighted by Crippen LogP contribution is -2.12. The van der Waals surface area contributed by atoms with Crippen molar-refractivity contribution in [3.8, 4) is 5.75 Å². The van der Waals surface area contributed by atoms with Gasteiger partial charge in [-0.2, -0.15) is 13.2 Å². The number of nitrogens with zero attached hydrogens (tertiary/aromatic N) is 1. The first-order valence-electron chi connectivity index (χ1n) is 9.62. The van der Waals surface area contributed by atoms with Crippen LogP contribution in [0.5, 0.6) is 5.75 Å². The molecule has 0 aliphatic carbocycles. The van der Waals surface area contributed by atoms with Crippen molar-refractivity contribution in [1.82, 2.24) is 0 Å². The second kappa shape index (κ2) is 10.8. The van der Waals surface area contributed by atoms with Gasteiger partial charge in [0.25, 0.3) is 0 Å². The molecule has 32 heavy (non-hydrogen) atoms. The van der Waals surface area contributed by atoms with Crippen molar-refractivity contribution in [1.29, 1.82) is 0 Å². The molecule has 0 heterocycles. The van der Waals surface area contributed by atoms with Crippen LogP contribution in [-0.4, -0.2) is 18.6 Å². The number of carbonyl (C=O) groups excluding carboxylic acids is 1. The molecule has 0 amide bonds. The third kappa shape index (κ3) is 6.85. The molecule has 0 fully saturated rings. The first-order chi connectivity index (χ1) is 15.3. The van der Waals surface area contributed by atoms with Gasteiger partial charge in [-0.1, -0.05) is 53.2 Å². The third-order valence-electron chi connectivity index (χ3n) is 4.46. The zero-order valence-corrected chi connectivity index (χ0v) is 17.6. The Morgan fingerprint density at radius 1 is 0.938 bits per heavy atom. The van der Waals surface area contributed by atoms with Crippen LogP contribution in [0.2, 0.25) is 5.02 Å². The summed E-state index contributed by atoms with van der Waals surface area (Å²) in [6, 6.07) is 18.7. The summed E-state index contributed by atoms with van der Waals surface area (Å²) in [5, 5.41) is 4.21. The van der Waals surface area contributed by atoms with E-state index < -0.39 is 11.7 Å². The lowest BCUT2D eigenvalue weighted by molar-refractivity contribution is -0.137. The van der Waals surface area contributed by atoms with Gasteiger partial charge in [0, 0.05) is 18.2 Å². The van der Waals surface area contributed by atoms with Gasteiger partial charge in [0.15, 0.2) is 6.61 Å². The largest absolute Gasteiger partial charge is 0.485 e. The molecule has 8 heteroatoms. The van der Waals surface area contributed by atoms with Crippen molar-refractivity contribution in [2.24, 2.45) is 5.16 Å². The van der Waals surface area contributed by atoms with Crippen LogP contribution in [0.25, 0.3) is 0 Å². The minimum absolute atomic E-state index is 0.0703. The monoisotopic (exact) mass is 461 g/mol. The smallest absolute Gasteiger partial charge is 0.416 e. The normalized spacial score (nSPS) is 11.5. The molecule has 0 atom stereocenters. The fraction of sp³-hybridized carbons (Fsp3) is 0.167. The second-order valence-corrected chi connectivity index (χ2v) is 7.20. The third-order valence-corrected chi connectivity index (χ3v) is 4.79. The van der Waals surface area contributed by atoms with Crippen LogP contribution in [-0.2, 0) is 24.0 Å². The number of halogens is 4. The van der Waals surface area contributed by atoms with Gasteiger partial charge in [-0.05, 0) is 47.5 Å². The lowest BCUT2D eigenvalue weighted by atomic mass is 10.1. The summed E-state index contributed by atoms with van der Waals surface area (Å²) in [7, 11) is 0. The number of hydrogen-bond donors (Lipinski definition) is 0. The molecule has 0 radical (unpaired) electrons. The maximum atomic E-state index is 12.5. The molecule has 0 aliphatic rings. The zero-order valence-electron chi connectivity index (χ0n) is 16.8. The summed E-state index contributed by atoms with van der Waals surface area (Å²) in [6.45, 7) is -0.0524. The standard InChI is InChI=1S/C24H19ClF3NO3/c25-22-4-2-1-3-21(22)23(30)16-31-20-11-7-17(8-12-20)13-14-29-32-15-18-5-9-19(10-6-18)24(26,27)28/h1-12,14H,13,15-16H2. The number of oxime groups is 1. The highest BCUT2D eigenvalue weighted by molar-refractivity contribution is 6.34. The van der Waals surface area contributed by atoms with E-state index in [0.717, 1.165) is 17.7 Å². The maximum Gasteiger partial charge on any atom is 0.416 e. The second-order valence-electron chi connectivity index (χ2n) is 6.80. The van der Waals surface area contributed by atoms with E-state index in [2.05, 4.69) is 5.16 Å². The first-order valence-corrected chi connectivity index (χ1v) is 10.00. The summed E-state index contributed by atoms with van der Waals surface area (Å²) in [5.74, 6) is 0.335. The highest BCUT2D eigenvalue weighted by Gasteiger charge is 2.29. The topological polar surface area (TPSA) is 47.9 Å². The summed E-state index contributed by atoms with van der Waals surface area (Å²) in [6.07, 6.45) is -2.31. The van der Waals surface area contributed by atoms with Crippen LogP contribution in [0.3, 0.4) is 0 Å². The van der Waals surface area contributed by atoms with E-state index in [9.17, 15) is 18.0 Å². The van der Waals surface area contributed by atoms with Gasteiger partial charge in [0.2, 0.25) is 5.78 Å². The van der Waals surface area contributed by atoms with Crippen molar-refractivity contribution in [2.45, 2.75) is 19.2 Å². The number of benzene rings is 3. The van der Waals surface area contributed by atoms with Crippen molar-refractivity contribution >= 4 is 23.6 Å². The Morgan fingerprint density at radius 2 is 1.59 bits per heavy atom. The Kier molecular flexibility index (Phi) is 7.89. The molecular weight excluding hydrogens is 443 g/mol. The number of rotatable bonds is 9.